The molecular formula is C36H64N4+2. The van der Waals surface area contributed by atoms with Gasteiger partial charge in [-0.15, -0.1) is 0 Å². The highest BCUT2D eigenvalue weighted by Crippen LogP contribution is 2.12. The van der Waals surface area contributed by atoms with E-state index in [0.29, 0.717) is 0 Å². The Bertz CT molecular complexity index is 733. The van der Waals surface area contributed by atoms with Gasteiger partial charge in [0, 0.05) is 61.6 Å². The van der Waals surface area contributed by atoms with Crippen molar-refractivity contribution in [3.63, 3.8) is 0 Å². The molecule has 0 radical (unpaired) electrons. The zero-order chi connectivity index (χ0) is 28.4. The minimum atomic E-state index is 1.09. The minimum Gasteiger partial charge on any atom is -0.385 e. The van der Waals surface area contributed by atoms with Crippen LogP contribution in [-0.4, -0.2) is 13.1 Å². The lowest BCUT2D eigenvalue weighted by molar-refractivity contribution is -0.697. The number of aromatic nitrogens is 2. The largest absolute Gasteiger partial charge is 0.385 e. The van der Waals surface area contributed by atoms with E-state index in [0.717, 1.165) is 26.2 Å². The van der Waals surface area contributed by atoms with Crippen LogP contribution in [-0.2, 0) is 13.1 Å². The van der Waals surface area contributed by atoms with E-state index in [2.05, 4.69) is 82.7 Å². The van der Waals surface area contributed by atoms with Crippen molar-refractivity contribution < 1.29 is 9.13 Å². The van der Waals surface area contributed by atoms with Crippen LogP contribution >= 0.6 is 0 Å². The molecule has 4 nitrogen and oxygen atoms in total. The van der Waals surface area contributed by atoms with Gasteiger partial charge in [0.25, 0.3) is 0 Å². The number of aryl methyl sites for hydroxylation is 2. The third-order valence-corrected chi connectivity index (χ3v) is 8.08. The Kier molecular flexibility index (Phi) is 21.0. The van der Waals surface area contributed by atoms with Gasteiger partial charge in [-0.3, -0.25) is 0 Å². The van der Waals surface area contributed by atoms with Crippen LogP contribution in [0.5, 0.6) is 0 Å². The first-order valence-corrected chi connectivity index (χ1v) is 17.3. The van der Waals surface area contributed by atoms with E-state index in [1.807, 2.05) is 0 Å². The maximum atomic E-state index is 3.55. The van der Waals surface area contributed by atoms with Gasteiger partial charge in [-0.05, 0) is 25.7 Å². The molecular weight excluding hydrogens is 488 g/mol. The zero-order valence-corrected chi connectivity index (χ0v) is 26.5. The molecule has 2 aromatic rings. The van der Waals surface area contributed by atoms with Gasteiger partial charge in [-0.1, -0.05) is 104 Å². The third kappa shape index (κ3) is 18.3. The van der Waals surface area contributed by atoms with Crippen LogP contribution in [0.1, 0.15) is 142 Å². The summed E-state index contributed by atoms with van der Waals surface area (Å²) in [5, 5.41) is 7.10. The molecule has 2 heterocycles. The number of pyridine rings is 2. The number of anilines is 2. The maximum absolute atomic E-state index is 3.55. The highest BCUT2D eigenvalue weighted by molar-refractivity contribution is 5.40. The smallest absolute Gasteiger partial charge is 0.170 e. The zero-order valence-electron chi connectivity index (χ0n) is 26.5. The summed E-state index contributed by atoms with van der Waals surface area (Å²) in [7, 11) is 0. The Morgan fingerprint density at radius 3 is 1.02 bits per heavy atom. The molecule has 0 aliphatic carbocycles. The molecule has 2 N–H and O–H groups in total. The first-order valence-electron chi connectivity index (χ1n) is 17.3. The Morgan fingerprint density at radius 2 is 0.700 bits per heavy atom. The van der Waals surface area contributed by atoms with Gasteiger partial charge < -0.3 is 10.6 Å². The van der Waals surface area contributed by atoms with Crippen molar-refractivity contribution in [2.45, 2.75) is 155 Å². The summed E-state index contributed by atoms with van der Waals surface area (Å²) >= 11 is 0. The molecule has 2 rings (SSSR count). The van der Waals surface area contributed by atoms with Crippen LogP contribution in [0, 0.1) is 0 Å². The Labute approximate surface area is 248 Å². The minimum absolute atomic E-state index is 1.09. The van der Waals surface area contributed by atoms with Gasteiger partial charge in [0.05, 0.1) is 0 Å². The SMILES string of the molecule is CCCCCCNc1cc[n+](CCCCCCCCCCCCCC[n+]2ccc(NCCCCCC)cc2)cc1. The first kappa shape index (κ1) is 34.1. The molecule has 0 saturated heterocycles. The molecule has 2 aromatic heterocycles. The number of nitrogens with one attached hydrogen (secondary N) is 2. The number of unbranched alkanes of at least 4 members (excludes halogenated alkanes) is 17. The van der Waals surface area contributed by atoms with E-state index in [4.69, 9.17) is 0 Å². The van der Waals surface area contributed by atoms with Gasteiger partial charge in [-0.2, -0.15) is 0 Å². The average Bonchev–Trinajstić information content (AvgIpc) is 2.98. The topological polar surface area (TPSA) is 31.8 Å². The van der Waals surface area contributed by atoms with Crippen molar-refractivity contribution in [1.82, 2.24) is 0 Å². The fourth-order valence-electron chi connectivity index (χ4n) is 5.37. The molecule has 0 aliphatic rings. The molecule has 226 valence electrons. The molecule has 0 unspecified atom stereocenters. The first-order chi connectivity index (χ1) is 19.8. The van der Waals surface area contributed by atoms with Gasteiger partial charge in [0.1, 0.15) is 13.1 Å². The summed E-state index contributed by atoms with van der Waals surface area (Å²) in [4.78, 5) is 0. The standard InChI is InChI=1S/C36H62N4/c1-3-5-7-19-27-37-35-23-31-39(32-24-35)29-21-17-15-13-11-9-10-12-14-16-18-22-30-40-33-25-36(26-34-40)38-28-20-8-6-4-2/h23-26,31-34H,3-22,27-30H2,1-2H3/p+2. The predicted molar refractivity (Wildman–Crippen MR) is 174 cm³/mol. The Morgan fingerprint density at radius 1 is 0.400 bits per heavy atom. The van der Waals surface area contributed by atoms with Crippen LogP contribution in [0.2, 0.25) is 0 Å². The number of rotatable bonds is 27. The fraction of sp³-hybridized carbons (Fsp3) is 0.722. The summed E-state index contributed by atoms with van der Waals surface area (Å²) in [5.74, 6) is 0. The van der Waals surface area contributed by atoms with E-state index in [1.54, 1.807) is 0 Å². The second-order valence-corrected chi connectivity index (χ2v) is 11.9. The van der Waals surface area contributed by atoms with Crippen LogP contribution in [0.25, 0.3) is 0 Å². The van der Waals surface area contributed by atoms with Crippen LogP contribution in [0.15, 0.2) is 49.1 Å². The molecule has 0 atom stereocenters. The Hall–Kier alpha value is -2.10. The van der Waals surface area contributed by atoms with Crippen molar-refractivity contribution in [1.29, 1.82) is 0 Å². The summed E-state index contributed by atoms with van der Waals surface area (Å²) < 4.78 is 4.68. The Balaban J connectivity index is 1.33. The van der Waals surface area contributed by atoms with Crippen molar-refractivity contribution in [2.24, 2.45) is 0 Å². The third-order valence-electron chi connectivity index (χ3n) is 8.08. The summed E-state index contributed by atoms with van der Waals surface area (Å²) in [5.41, 5.74) is 2.52. The van der Waals surface area contributed by atoms with E-state index in [-0.39, 0.29) is 0 Å². The molecule has 0 saturated carbocycles. The van der Waals surface area contributed by atoms with Crippen molar-refractivity contribution >= 4 is 11.4 Å². The second kappa shape index (κ2) is 24.7. The summed E-state index contributed by atoms with van der Waals surface area (Å²) in [6, 6.07) is 8.91. The lowest BCUT2D eigenvalue weighted by atomic mass is 10.1. The normalized spacial score (nSPS) is 11.2. The van der Waals surface area contributed by atoms with Gasteiger partial charge in [0.15, 0.2) is 24.8 Å². The molecule has 0 amide bonds. The van der Waals surface area contributed by atoms with Crippen molar-refractivity contribution in [3.8, 4) is 0 Å². The molecule has 0 aromatic carbocycles. The van der Waals surface area contributed by atoms with Crippen LogP contribution in [0.4, 0.5) is 11.4 Å². The van der Waals surface area contributed by atoms with Gasteiger partial charge in [0.2, 0.25) is 0 Å². The lowest BCUT2D eigenvalue weighted by Crippen LogP contribution is -2.32. The van der Waals surface area contributed by atoms with E-state index < -0.39 is 0 Å². The van der Waals surface area contributed by atoms with E-state index in [9.17, 15) is 0 Å². The molecule has 0 aliphatic heterocycles. The van der Waals surface area contributed by atoms with E-state index >= 15 is 0 Å². The quantitative estimate of drug-likeness (QED) is 0.0854. The maximum Gasteiger partial charge on any atom is 0.170 e. The predicted octanol–water partition coefficient (Wildman–Crippen LogP) is 9.63. The van der Waals surface area contributed by atoms with Gasteiger partial charge >= 0.3 is 0 Å². The summed E-state index contributed by atoms with van der Waals surface area (Å²) in [6.45, 7) is 9.02. The summed E-state index contributed by atoms with van der Waals surface area (Å²) in [6.07, 6.45) is 36.1. The fourth-order valence-corrected chi connectivity index (χ4v) is 5.37. The molecule has 0 bridgehead atoms. The average molecular weight is 553 g/mol. The molecule has 0 spiro atoms. The van der Waals surface area contributed by atoms with Crippen molar-refractivity contribution in [3.05, 3.63) is 49.1 Å². The monoisotopic (exact) mass is 553 g/mol. The van der Waals surface area contributed by atoms with Crippen LogP contribution < -0.4 is 19.8 Å². The molecule has 4 heteroatoms. The highest BCUT2D eigenvalue weighted by atomic mass is 14.9. The second-order valence-electron chi connectivity index (χ2n) is 11.9. The highest BCUT2D eigenvalue weighted by Gasteiger charge is 2.03. The number of hydrogen-bond donors (Lipinski definition) is 2. The number of hydrogen-bond acceptors (Lipinski definition) is 2. The van der Waals surface area contributed by atoms with Crippen molar-refractivity contribution in [2.75, 3.05) is 23.7 Å². The number of nitrogens with zero attached hydrogens (tertiary/aromatic N) is 2. The lowest BCUT2D eigenvalue weighted by Gasteiger charge is -2.05. The van der Waals surface area contributed by atoms with Gasteiger partial charge in [-0.25, -0.2) is 9.13 Å². The van der Waals surface area contributed by atoms with E-state index in [1.165, 1.54) is 140 Å². The molecule has 40 heavy (non-hydrogen) atoms. The molecule has 0 fully saturated rings. The van der Waals surface area contributed by atoms with Crippen LogP contribution in [0.3, 0.4) is 0 Å².